The molecular formula is C17H20N2O4. The maximum absolute atomic E-state index is 11.8. The third-order valence-electron chi connectivity index (χ3n) is 4.02. The Labute approximate surface area is 133 Å². The summed E-state index contributed by atoms with van der Waals surface area (Å²) in [5.74, 6) is -0.868. The molecule has 1 aromatic heterocycles. The number of nitrogens with one attached hydrogen (secondary N) is 2. The van der Waals surface area contributed by atoms with Crippen LogP contribution < -0.4 is 5.32 Å². The molecule has 122 valence electrons. The molecule has 1 heterocycles. The zero-order chi connectivity index (χ0) is 16.2. The molecule has 1 amide bonds. The number of ether oxygens (including phenoxy) is 1. The van der Waals surface area contributed by atoms with Crippen molar-refractivity contribution in [1.82, 2.24) is 10.3 Å². The van der Waals surface area contributed by atoms with Crippen LogP contribution in [0.15, 0.2) is 30.5 Å². The normalized spacial score (nSPS) is 15.5. The molecule has 0 spiro atoms. The molecule has 1 unspecified atom stereocenters. The van der Waals surface area contributed by atoms with Crippen LogP contribution in [0.4, 0.5) is 0 Å². The number of carbonyl (C=O) groups excluding carboxylic acids is 1. The van der Waals surface area contributed by atoms with Gasteiger partial charge in [-0.15, -0.1) is 0 Å². The van der Waals surface area contributed by atoms with E-state index in [-0.39, 0.29) is 13.0 Å². The molecule has 0 saturated heterocycles. The number of aromatic nitrogens is 1. The summed E-state index contributed by atoms with van der Waals surface area (Å²) in [6, 6.07) is 6.71. The molecule has 0 aliphatic heterocycles. The van der Waals surface area contributed by atoms with Gasteiger partial charge in [-0.1, -0.05) is 18.2 Å². The lowest BCUT2D eigenvalue weighted by molar-refractivity contribution is -0.142. The van der Waals surface area contributed by atoms with Crippen molar-refractivity contribution in [2.45, 2.75) is 25.3 Å². The Morgan fingerprint density at radius 1 is 1.35 bits per heavy atom. The van der Waals surface area contributed by atoms with Crippen LogP contribution in [0.3, 0.4) is 0 Å². The van der Waals surface area contributed by atoms with E-state index in [0.29, 0.717) is 12.5 Å². The maximum Gasteiger partial charge on any atom is 0.326 e. The molecule has 0 bridgehead atoms. The maximum atomic E-state index is 11.8. The highest BCUT2D eigenvalue weighted by Gasteiger charge is 2.24. The second-order valence-corrected chi connectivity index (χ2v) is 5.98. The molecule has 6 heteroatoms. The molecule has 23 heavy (non-hydrogen) atoms. The van der Waals surface area contributed by atoms with Gasteiger partial charge >= 0.3 is 5.97 Å². The summed E-state index contributed by atoms with van der Waals surface area (Å²) in [5.41, 5.74) is 1.82. The van der Waals surface area contributed by atoms with E-state index in [1.54, 1.807) is 6.20 Å². The van der Waals surface area contributed by atoms with Gasteiger partial charge in [-0.3, -0.25) is 4.79 Å². The predicted octanol–water partition coefficient (Wildman–Crippen LogP) is 1.71. The molecule has 0 radical (unpaired) electrons. The van der Waals surface area contributed by atoms with Gasteiger partial charge in [-0.05, 0) is 30.4 Å². The van der Waals surface area contributed by atoms with Gasteiger partial charge in [-0.2, -0.15) is 0 Å². The van der Waals surface area contributed by atoms with E-state index < -0.39 is 17.9 Å². The first kappa shape index (κ1) is 15.6. The number of para-hydroxylation sites is 1. The number of hydrogen-bond acceptors (Lipinski definition) is 3. The summed E-state index contributed by atoms with van der Waals surface area (Å²) >= 11 is 0. The number of rotatable bonds is 8. The standard InChI is InChI=1S/C17H20N2O4/c20-16(10-23-9-11-5-6-11)19-15(17(21)22)7-12-8-18-14-4-2-1-3-13(12)14/h1-4,8,11,15,18H,5-7,9-10H2,(H,19,20)(H,21,22). The van der Waals surface area contributed by atoms with E-state index in [1.807, 2.05) is 24.3 Å². The fraction of sp³-hybridized carbons (Fsp3) is 0.412. The number of hydrogen-bond donors (Lipinski definition) is 3. The smallest absolute Gasteiger partial charge is 0.326 e. The lowest BCUT2D eigenvalue weighted by Crippen LogP contribution is -2.43. The van der Waals surface area contributed by atoms with Crippen LogP contribution in [-0.2, 0) is 20.7 Å². The number of aromatic amines is 1. The molecule has 6 nitrogen and oxygen atoms in total. The monoisotopic (exact) mass is 316 g/mol. The average Bonchev–Trinajstić information content (AvgIpc) is 3.26. The van der Waals surface area contributed by atoms with Gasteiger partial charge in [-0.25, -0.2) is 4.79 Å². The van der Waals surface area contributed by atoms with E-state index in [2.05, 4.69) is 10.3 Å². The Kier molecular flexibility index (Phi) is 4.62. The van der Waals surface area contributed by atoms with Crippen molar-refractivity contribution >= 4 is 22.8 Å². The third kappa shape index (κ3) is 4.10. The molecule has 1 aliphatic rings. The van der Waals surface area contributed by atoms with E-state index in [0.717, 1.165) is 29.3 Å². The van der Waals surface area contributed by atoms with Crippen molar-refractivity contribution in [3.05, 3.63) is 36.0 Å². The summed E-state index contributed by atoms with van der Waals surface area (Å²) < 4.78 is 5.29. The van der Waals surface area contributed by atoms with Crippen LogP contribution in [-0.4, -0.2) is 41.2 Å². The number of aliphatic carboxylic acids is 1. The molecule has 3 rings (SSSR count). The minimum Gasteiger partial charge on any atom is -0.480 e. The molecule has 2 aromatic rings. The zero-order valence-electron chi connectivity index (χ0n) is 12.7. The minimum absolute atomic E-state index is 0.0891. The SMILES string of the molecule is O=C(COCC1CC1)NC(Cc1c[nH]c2ccccc12)C(=O)O. The minimum atomic E-state index is -1.05. The van der Waals surface area contributed by atoms with Gasteiger partial charge in [0.15, 0.2) is 0 Å². The Morgan fingerprint density at radius 2 is 2.13 bits per heavy atom. The highest BCUT2D eigenvalue weighted by atomic mass is 16.5. The zero-order valence-corrected chi connectivity index (χ0v) is 12.7. The van der Waals surface area contributed by atoms with Crippen LogP contribution in [0.2, 0.25) is 0 Å². The first-order valence-corrected chi connectivity index (χ1v) is 7.78. The summed E-state index contributed by atoms with van der Waals surface area (Å²) in [6.07, 6.45) is 4.32. The molecule has 1 aliphatic carbocycles. The second kappa shape index (κ2) is 6.83. The number of carboxylic acids is 1. The first-order chi connectivity index (χ1) is 11.1. The summed E-state index contributed by atoms with van der Waals surface area (Å²) in [5, 5.41) is 12.9. The summed E-state index contributed by atoms with van der Waals surface area (Å²) in [6.45, 7) is 0.488. The van der Waals surface area contributed by atoms with Crippen LogP contribution in [0.5, 0.6) is 0 Å². The second-order valence-electron chi connectivity index (χ2n) is 5.98. The number of benzene rings is 1. The Morgan fingerprint density at radius 3 is 2.87 bits per heavy atom. The number of amides is 1. The largest absolute Gasteiger partial charge is 0.480 e. The Hall–Kier alpha value is -2.34. The fourth-order valence-electron chi connectivity index (χ4n) is 2.56. The Bertz CT molecular complexity index is 705. The van der Waals surface area contributed by atoms with E-state index in [1.165, 1.54) is 0 Å². The molecule has 1 fully saturated rings. The fourth-order valence-corrected chi connectivity index (χ4v) is 2.56. The molecule has 3 N–H and O–H groups in total. The van der Waals surface area contributed by atoms with Crippen molar-refractivity contribution < 1.29 is 19.4 Å². The van der Waals surface area contributed by atoms with Crippen molar-refractivity contribution in [3.63, 3.8) is 0 Å². The van der Waals surface area contributed by atoms with Crippen molar-refractivity contribution in [2.24, 2.45) is 5.92 Å². The highest BCUT2D eigenvalue weighted by Crippen LogP contribution is 2.28. The van der Waals surface area contributed by atoms with Crippen molar-refractivity contribution in [2.75, 3.05) is 13.2 Å². The van der Waals surface area contributed by atoms with Crippen LogP contribution in [0.1, 0.15) is 18.4 Å². The van der Waals surface area contributed by atoms with Crippen molar-refractivity contribution in [1.29, 1.82) is 0 Å². The Balaban J connectivity index is 1.59. The molecule has 1 saturated carbocycles. The lowest BCUT2D eigenvalue weighted by Gasteiger charge is -2.14. The first-order valence-electron chi connectivity index (χ1n) is 7.78. The van der Waals surface area contributed by atoms with Crippen LogP contribution >= 0.6 is 0 Å². The van der Waals surface area contributed by atoms with Crippen molar-refractivity contribution in [3.8, 4) is 0 Å². The van der Waals surface area contributed by atoms with Gasteiger partial charge in [0.2, 0.25) is 5.91 Å². The lowest BCUT2D eigenvalue weighted by atomic mass is 10.1. The quantitative estimate of drug-likeness (QED) is 0.691. The van der Waals surface area contributed by atoms with Crippen LogP contribution in [0.25, 0.3) is 10.9 Å². The summed E-state index contributed by atoms with van der Waals surface area (Å²) in [4.78, 5) is 26.4. The number of carbonyl (C=O) groups is 2. The number of H-pyrrole nitrogens is 1. The third-order valence-corrected chi connectivity index (χ3v) is 4.02. The predicted molar refractivity (Wildman–Crippen MR) is 85.1 cm³/mol. The number of carboxylic acid groups (broad SMARTS) is 1. The van der Waals surface area contributed by atoms with E-state index in [9.17, 15) is 14.7 Å². The van der Waals surface area contributed by atoms with Gasteiger partial charge in [0.1, 0.15) is 12.6 Å². The van der Waals surface area contributed by atoms with Gasteiger partial charge in [0, 0.05) is 23.5 Å². The van der Waals surface area contributed by atoms with E-state index >= 15 is 0 Å². The molecule has 1 aromatic carbocycles. The highest BCUT2D eigenvalue weighted by molar-refractivity contribution is 5.87. The number of fused-ring (bicyclic) bond motifs is 1. The molecular weight excluding hydrogens is 296 g/mol. The molecule has 1 atom stereocenters. The summed E-state index contributed by atoms with van der Waals surface area (Å²) in [7, 11) is 0. The van der Waals surface area contributed by atoms with Gasteiger partial charge in [0.05, 0.1) is 6.61 Å². The van der Waals surface area contributed by atoms with Gasteiger partial charge < -0.3 is 20.1 Å². The van der Waals surface area contributed by atoms with Gasteiger partial charge in [0.25, 0.3) is 0 Å². The van der Waals surface area contributed by atoms with E-state index in [4.69, 9.17) is 4.74 Å². The van der Waals surface area contributed by atoms with Crippen LogP contribution in [0, 0.1) is 5.92 Å². The average molecular weight is 316 g/mol. The topological polar surface area (TPSA) is 91.4 Å².